The lowest BCUT2D eigenvalue weighted by molar-refractivity contribution is 0.0697. The summed E-state index contributed by atoms with van der Waals surface area (Å²) in [4.78, 5) is 16.9. The third-order valence-corrected chi connectivity index (χ3v) is 5.15. The Kier molecular flexibility index (Phi) is 4.59. The molecule has 3 aromatic rings. The predicted molar refractivity (Wildman–Crippen MR) is 104 cm³/mol. The minimum Gasteiger partial charge on any atom is -0.478 e. The van der Waals surface area contributed by atoms with Gasteiger partial charge < -0.3 is 10.1 Å². The van der Waals surface area contributed by atoms with Gasteiger partial charge in [0.15, 0.2) is 0 Å². The molecule has 2 heterocycles. The number of hydrogen-bond donors (Lipinski definition) is 2. The normalized spacial score (nSPS) is 15.2. The van der Waals surface area contributed by atoms with Gasteiger partial charge in [-0.15, -0.1) is 0 Å². The van der Waals surface area contributed by atoms with Crippen LogP contribution >= 0.6 is 0 Å². The van der Waals surface area contributed by atoms with Gasteiger partial charge in [0.2, 0.25) is 0 Å². The highest BCUT2D eigenvalue weighted by molar-refractivity contribution is 5.94. The standard InChI is InChI=1S/C22H22N2O2/c25-22(26)18-6-7-21-20(14-18)19(15-23-21)10-13-24-11-8-17(9-12-24)16-4-2-1-3-5-16/h1-8,14-15,23H,9-13H2,(H,25,26). The summed E-state index contributed by atoms with van der Waals surface area (Å²) in [7, 11) is 0. The van der Waals surface area contributed by atoms with Crippen molar-refractivity contribution in [1.82, 2.24) is 9.88 Å². The molecule has 0 spiro atoms. The van der Waals surface area contributed by atoms with E-state index in [1.807, 2.05) is 12.3 Å². The summed E-state index contributed by atoms with van der Waals surface area (Å²) in [6, 6.07) is 15.8. The zero-order valence-electron chi connectivity index (χ0n) is 14.6. The van der Waals surface area contributed by atoms with Gasteiger partial charge in [0.1, 0.15) is 0 Å². The van der Waals surface area contributed by atoms with Crippen LogP contribution in [0.25, 0.3) is 16.5 Å². The van der Waals surface area contributed by atoms with E-state index in [9.17, 15) is 9.90 Å². The highest BCUT2D eigenvalue weighted by Gasteiger charge is 2.14. The highest BCUT2D eigenvalue weighted by Crippen LogP contribution is 2.24. The Morgan fingerprint density at radius 2 is 2.00 bits per heavy atom. The average Bonchev–Trinajstić information content (AvgIpc) is 3.10. The van der Waals surface area contributed by atoms with Crippen molar-refractivity contribution in [2.75, 3.05) is 19.6 Å². The number of nitrogens with zero attached hydrogens (tertiary/aromatic N) is 1. The summed E-state index contributed by atoms with van der Waals surface area (Å²) < 4.78 is 0. The van der Waals surface area contributed by atoms with Gasteiger partial charge in [0.25, 0.3) is 0 Å². The maximum atomic E-state index is 11.2. The number of fused-ring (bicyclic) bond motifs is 1. The first-order valence-corrected chi connectivity index (χ1v) is 9.01. The van der Waals surface area contributed by atoms with E-state index in [1.54, 1.807) is 12.1 Å². The van der Waals surface area contributed by atoms with Crippen molar-refractivity contribution >= 4 is 22.4 Å². The average molecular weight is 346 g/mol. The molecule has 4 heteroatoms. The van der Waals surface area contributed by atoms with Crippen LogP contribution in [0.15, 0.2) is 60.8 Å². The van der Waals surface area contributed by atoms with Gasteiger partial charge in [-0.2, -0.15) is 0 Å². The first-order valence-electron chi connectivity index (χ1n) is 9.01. The van der Waals surface area contributed by atoms with Crippen molar-refractivity contribution in [2.45, 2.75) is 12.8 Å². The van der Waals surface area contributed by atoms with E-state index >= 15 is 0 Å². The molecule has 132 valence electrons. The summed E-state index contributed by atoms with van der Waals surface area (Å²) in [5, 5.41) is 10.2. The molecule has 0 saturated heterocycles. The van der Waals surface area contributed by atoms with Gasteiger partial charge in [-0.25, -0.2) is 4.79 Å². The third-order valence-electron chi connectivity index (χ3n) is 5.15. The quantitative estimate of drug-likeness (QED) is 0.728. The first-order chi connectivity index (χ1) is 12.7. The fraction of sp³-hybridized carbons (Fsp3) is 0.227. The second kappa shape index (κ2) is 7.18. The van der Waals surface area contributed by atoms with Crippen molar-refractivity contribution in [3.05, 3.63) is 77.5 Å². The zero-order valence-corrected chi connectivity index (χ0v) is 14.6. The number of aromatic nitrogens is 1. The number of rotatable bonds is 5. The molecule has 0 bridgehead atoms. The first kappa shape index (κ1) is 16.6. The van der Waals surface area contributed by atoms with Crippen molar-refractivity contribution in [3.8, 4) is 0 Å². The molecule has 1 aliphatic rings. The summed E-state index contributed by atoms with van der Waals surface area (Å²) in [6.45, 7) is 3.00. The second-order valence-electron chi connectivity index (χ2n) is 6.78. The van der Waals surface area contributed by atoms with Gasteiger partial charge in [-0.1, -0.05) is 36.4 Å². The molecule has 0 aliphatic carbocycles. The summed E-state index contributed by atoms with van der Waals surface area (Å²) in [5.74, 6) is -0.881. The van der Waals surface area contributed by atoms with E-state index < -0.39 is 5.97 Å². The molecule has 2 N–H and O–H groups in total. The predicted octanol–water partition coefficient (Wildman–Crippen LogP) is 4.20. The fourth-order valence-electron chi connectivity index (χ4n) is 3.63. The van der Waals surface area contributed by atoms with Crippen LogP contribution in [0.4, 0.5) is 0 Å². The highest BCUT2D eigenvalue weighted by atomic mass is 16.4. The Labute approximate surface area is 152 Å². The van der Waals surface area contributed by atoms with E-state index in [1.165, 1.54) is 16.7 Å². The van der Waals surface area contributed by atoms with Crippen LogP contribution in [-0.2, 0) is 6.42 Å². The van der Waals surface area contributed by atoms with Crippen LogP contribution in [0.3, 0.4) is 0 Å². The number of hydrogen-bond acceptors (Lipinski definition) is 2. The molecule has 1 aliphatic heterocycles. The van der Waals surface area contributed by atoms with E-state index in [2.05, 4.69) is 46.3 Å². The lowest BCUT2D eigenvalue weighted by atomic mass is 9.99. The summed E-state index contributed by atoms with van der Waals surface area (Å²) in [6.07, 6.45) is 6.32. The van der Waals surface area contributed by atoms with Crippen molar-refractivity contribution < 1.29 is 9.90 Å². The Hall–Kier alpha value is -2.85. The number of aromatic carboxylic acids is 1. The van der Waals surface area contributed by atoms with Crippen molar-refractivity contribution in [3.63, 3.8) is 0 Å². The molecule has 26 heavy (non-hydrogen) atoms. The van der Waals surface area contributed by atoms with Crippen LogP contribution < -0.4 is 0 Å². The lowest BCUT2D eigenvalue weighted by Gasteiger charge is -2.26. The van der Waals surface area contributed by atoms with Crippen LogP contribution in [-0.4, -0.2) is 40.6 Å². The largest absolute Gasteiger partial charge is 0.478 e. The SMILES string of the molecule is O=C(O)c1ccc2[nH]cc(CCN3CC=C(c4ccccc4)CC3)c2c1. The Balaban J connectivity index is 1.42. The summed E-state index contributed by atoms with van der Waals surface area (Å²) >= 11 is 0. The number of nitrogens with one attached hydrogen (secondary N) is 1. The molecule has 4 rings (SSSR count). The smallest absolute Gasteiger partial charge is 0.335 e. The van der Waals surface area contributed by atoms with Gasteiger partial charge in [-0.05, 0) is 47.7 Å². The topological polar surface area (TPSA) is 56.3 Å². The molecule has 4 nitrogen and oxygen atoms in total. The van der Waals surface area contributed by atoms with Crippen LogP contribution in [0.2, 0.25) is 0 Å². The molecule has 2 aromatic carbocycles. The van der Waals surface area contributed by atoms with Gasteiger partial charge in [0.05, 0.1) is 5.56 Å². The number of aromatic amines is 1. The lowest BCUT2D eigenvalue weighted by Crippen LogP contribution is -2.30. The van der Waals surface area contributed by atoms with Gasteiger partial charge >= 0.3 is 5.97 Å². The Morgan fingerprint density at radius 3 is 2.73 bits per heavy atom. The number of carboxylic acid groups (broad SMARTS) is 1. The van der Waals surface area contributed by atoms with Crippen molar-refractivity contribution in [1.29, 1.82) is 0 Å². The van der Waals surface area contributed by atoms with E-state index in [-0.39, 0.29) is 0 Å². The molecular weight excluding hydrogens is 324 g/mol. The molecule has 0 fully saturated rings. The number of carboxylic acids is 1. The maximum Gasteiger partial charge on any atom is 0.335 e. The number of H-pyrrole nitrogens is 1. The van der Waals surface area contributed by atoms with Crippen LogP contribution in [0.5, 0.6) is 0 Å². The fourth-order valence-corrected chi connectivity index (χ4v) is 3.63. The van der Waals surface area contributed by atoms with E-state index in [4.69, 9.17) is 0 Å². The minimum atomic E-state index is -0.881. The van der Waals surface area contributed by atoms with Gasteiger partial charge in [-0.3, -0.25) is 4.90 Å². The Bertz CT molecular complexity index is 957. The molecule has 0 radical (unpaired) electrons. The van der Waals surface area contributed by atoms with E-state index in [0.29, 0.717) is 5.56 Å². The second-order valence-corrected chi connectivity index (χ2v) is 6.78. The van der Waals surface area contributed by atoms with Crippen LogP contribution in [0.1, 0.15) is 27.9 Å². The number of benzene rings is 2. The maximum absolute atomic E-state index is 11.2. The number of carbonyl (C=O) groups is 1. The molecule has 0 atom stereocenters. The molecule has 0 saturated carbocycles. The minimum absolute atomic E-state index is 0.340. The van der Waals surface area contributed by atoms with Crippen molar-refractivity contribution in [2.24, 2.45) is 0 Å². The summed E-state index contributed by atoms with van der Waals surface area (Å²) in [5.41, 5.74) is 5.27. The zero-order chi connectivity index (χ0) is 17.9. The third kappa shape index (κ3) is 3.41. The van der Waals surface area contributed by atoms with Crippen LogP contribution in [0, 0.1) is 0 Å². The molecular formula is C22H22N2O2. The monoisotopic (exact) mass is 346 g/mol. The molecule has 0 unspecified atom stereocenters. The van der Waals surface area contributed by atoms with Gasteiger partial charge in [0, 0.05) is 36.7 Å². The molecule has 1 aromatic heterocycles. The van der Waals surface area contributed by atoms with E-state index in [0.717, 1.165) is 43.4 Å². The Morgan fingerprint density at radius 1 is 1.15 bits per heavy atom. The molecule has 0 amide bonds.